The van der Waals surface area contributed by atoms with Crippen molar-refractivity contribution in [3.05, 3.63) is 65.2 Å². The van der Waals surface area contributed by atoms with Gasteiger partial charge in [0.05, 0.1) is 5.56 Å². The van der Waals surface area contributed by atoms with Crippen molar-refractivity contribution in [1.82, 2.24) is 5.32 Å². The van der Waals surface area contributed by atoms with Gasteiger partial charge in [-0.2, -0.15) is 13.2 Å². The molecular weight excluding hydrogens is 387 g/mol. The zero-order valence-electron chi connectivity index (χ0n) is 16.0. The molecule has 0 saturated heterocycles. The molecule has 2 rings (SSSR count). The van der Waals surface area contributed by atoms with Crippen LogP contribution >= 0.6 is 0 Å². The maximum Gasteiger partial charge on any atom is 0.416 e. The lowest BCUT2D eigenvalue weighted by Gasteiger charge is -2.25. The van der Waals surface area contributed by atoms with Crippen LogP contribution in [0.3, 0.4) is 0 Å². The fourth-order valence-electron chi connectivity index (χ4n) is 2.57. The van der Waals surface area contributed by atoms with E-state index in [0.29, 0.717) is 17.7 Å². The van der Waals surface area contributed by atoms with E-state index in [4.69, 9.17) is 9.84 Å². The van der Waals surface area contributed by atoms with Gasteiger partial charge in [-0.15, -0.1) is 0 Å². The normalized spacial score (nSPS) is 11.8. The molecule has 29 heavy (non-hydrogen) atoms. The summed E-state index contributed by atoms with van der Waals surface area (Å²) in [5.41, 5.74) is -0.884. The first-order valence-corrected chi connectivity index (χ1v) is 8.91. The van der Waals surface area contributed by atoms with Gasteiger partial charge < -0.3 is 15.2 Å². The molecule has 0 heterocycles. The predicted octanol–water partition coefficient (Wildman–Crippen LogP) is 4.20. The average Bonchev–Trinajstić information content (AvgIpc) is 2.64. The minimum Gasteiger partial charge on any atom is -0.481 e. The lowest BCUT2D eigenvalue weighted by Crippen LogP contribution is -2.46. The Bertz CT molecular complexity index is 861. The Labute approximate surface area is 166 Å². The number of nitrogens with one attached hydrogen (secondary N) is 1. The zero-order valence-corrected chi connectivity index (χ0v) is 16.0. The number of aliphatic carboxylic acids is 1. The molecule has 1 amide bonds. The van der Waals surface area contributed by atoms with Crippen molar-refractivity contribution >= 4 is 11.9 Å². The highest BCUT2D eigenvalue weighted by Crippen LogP contribution is 2.29. The van der Waals surface area contributed by atoms with Crippen molar-refractivity contribution < 1.29 is 32.6 Å². The van der Waals surface area contributed by atoms with E-state index in [9.17, 15) is 22.8 Å². The topological polar surface area (TPSA) is 75.6 Å². The summed E-state index contributed by atoms with van der Waals surface area (Å²) >= 11 is 0. The maximum atomic E-state index is 12.8. The quantitative estimate of drug-likeness (QED) is 0.685. The van der Waals surface area contributed by atoms with Gasteiger partial charge in [0.1, 0.15) is 5.75 Å². The van der Waals surface area contributed by atoms with Gasteiger partial charge in [0.2, 0.25) is 0 Å². The number of carboxylic acids is 1. The van der Waals surface area contributed by atoms with E-state index in [1.54, 1.807) is 38.1 Å². The number of carbonyl (C=O) groups is 2. The standard InChI is InChI=1S/C21H22F3NO4/c1-20(2,29-17-9-6-14(7-10-17)8-11-18(26)27)19(28)25-13-15-4-3-5-16(12-15)21(22,23)24/h3-7,9-10,12H,8,11,13H2,1-2H3,(H,25,28)(H,26,27). The predicted molar refractivity (Wildman–Crippen MR) is 100 cm³/mol. The fourth-order valence-corrected chi connectivity index (χ4v) is 2.57. The van der Waals surface area contributed by atoms with E-state index in [1.807, 2.05) is 0 Å². The Balaban J connectivity index is 1.95. The largest absolute Gasteiger partial charge is 0.481 e. The molecule has 0 aliphatic heterocycles. The Morgan fingerprint density at radius 1 is 1.03 bits per heavy atom. The van der Waals surface area contributed by atoms with Crippen molar-refractivity contribution in [2.45, 2.75) is 45.0 Å². The van der Waals surface area contributed by atoms with Crippen molar-refractivity contribution in [3.8, 4) is 5.75 Å². The van der Waals surface area contributed by atoms with Crippen molar-refractivity contribution in [2.24, 2.45) is 0 Å². The van der Waals surface area contributed by atoms with E-state index in [2.05, 4.69) is 5.32 Å². The molecule has 0 fully saturated rings. The van der Waals surface area contributed by atoms with Crippen molar-refractivity contribution in [3.63, 3.8) is 0 Å². The highest BCUT2D eigenvalue weighted by Gasteiger charge is 2.31. The van der Waals surface area contributed by atoms with Gasteiger partial charge in [0.15, 0.2) is 5.60 Å². The first kappa shape index (κ1) is 22.3. The summed E-state index contributed by atoms with van der Waals surface area (Å²) < 4.78 is 44.0. The summed E-state index contributed by atoms with van der Waals surface area (Å²) in [5, 5.41) is 11.3. The fraction of sp³-hybridized carbons (Fsp3) is 0.333. The lowest BCUT2D eigenvalue weighted by atomic mass is 10.1. The van der Waals surface area contributed by atoms with Gasteiger partial charge in [-0.05, 0) is 55.7 Å². The molecule has 2 N–H and O–H groups in total. The van der Waals surface area contributed by atoms with Gasteiger partial charge in [0, 0.05) is 13.0 Å². The maximum absolute atomic E-state index is 12.8. The number of carboxylic acid groups (broad SMARTS) is 1. The van der Waals surface area contributed by atoms with Crippen molar-refractivity contribution in [2.75, 3.05) is 0 Å². The number of aryl methyl sites for hydroxylation is 1. The Morgan fingerprint density at radius 2 is 1.69 bits per heavy atom. The number of rotatable bonds is 8. The number of ether oxygens (including phenoxy) is 1. The smallest absolute Gasteiger partial charge is 0.416 e. The molecule has 0 radical (unpaired) electrons. The van der Waals surface area contributed by atoms with Gasteiger partial charge in [-0.3, -0.25) is 9.59 Å². The molecule has 0 saturated carbocycles. The van der Waals surface area contributed by atoms with E-state index >= 15 is 0 Å². The summed E-state index contributed by atoms with van der Waals surface area (Å²) in [7, 11) is 0. The van der Waals surface area contributed by atoms with Gasteiger partial charge in [-0.1, -0.05) is 24.3 Å². The molecular formula is C21H22F3NO4. The van der Waals surface area contributed by atoms with Crippen molar-refractivity contribution in [1.29, 1.82) is 0 Å². The van der Waals surface area contributed by atoms with Crippen LogP contribution in [0.5, 0.6) is 5.75 Å². The first-order valence-electron chi connectivity index (χ1n) is 8.91. The number of benzene rings is 2. The van der Waals surface area contributed by atoms with Crippen LogP contribution in [0.15, 0.2) is 48.5 Å². The molecule has 156 valence electrons. The molecule has 0 aliphatic rings. The first-order chi connectivity index (χ1) is 13.5. The zero-order chi connectivity index (χ0) is 21.7. The van der Waals surface area contributed by atoms with Gasteiger partial charge >= 0.3 is 12.1 Å². The number of halogens is 3. The summed E-state index contributed by atoms with van der Waals surface area (Å²) in [5.74, 6) is -0.947. The van der Waals surface area contributed by atoms with Crippen LogP contribution in [-0.4, -0.2) is 22.6 Å². The average molecular weight is 409 g/mol. The second kappa shape index (κ2) is 8.98. The molecule has 2 aromatic rings. The lowest BCUT2D eigenvalue weighted by molar-refractivity contribution is -0.138. The monoisotopic (exact) mass is 409 g/mol. The van der Waals surface area contributed by atoms with Crippen LogP contribution in [0.25, 0.3) is 0 Å². The molecule has 0 spiro atoms. The van der Waals surface area contributed by atoms with Gasteiger partial charge in [-0.25, -0.2) is 0 Å². The minimum atomic E-state index is -4.45. The van der Waals surface area contributed by atoms with Crippen LogP contribution in [0.4, 0.5) is 13.2 Å². The molecule has 5 nitrogen and oxygen atoms in total. The second-order valence-corrected chi connectivity index (χ2v) is 7.03. The second-order valence-electron chi connectivity index (χ2n) is 7.03. The highest BCUT2D eigenvalue weighted by molar-refractivity contribution is 5.84. The molecule has 0 aromatic heterocycles. The number of alkyl halides is 3. The number of hydrogen-bond donors (Lipinski definition) is 2. The summed E-state index contributed by atoms with van der Waals surface area (Å²) in [6.45, 7) is 3.03. The van der Waals surface area contributed by atoms with Crippen LogP contribution < -0.4 is 10.1 Å². The third-order valence-corrected chi connectivity index (χ3v) is 4.18. The van der Waals surface area contributed by atoms with E-state index < -0.39 is 29.2 Å². The molecule has 0 bridgehead atoms. The summed E-state index contributed by atoms with van der Waals surface area (Å²) in [6, 6.07) is 11.5. The Morgan fingerprint density at radius 3 is 2.28 bits per heavy atom. The highest BCUT2D eigenvalue weighted by atomic mass is 19.4. The molecule has 2 aromatic carbocycles. The SMILES string of the molecule is CC(C)(Oc1ccc(CCC(=O)O)cc1)C(=O)NCc1cccc(C(F)(F)F)c1. The molecule has 0 aliphatic carbocycles. The van der Waals surface area contributed by atoms with Crippen LogP contribution in [0.2, 0.25) is 0 Å². The third kappa shape index (κ3) is 6.81. The Kier molecular flexibility index (Phi) is 6.89. The Hall–Kier alpha value is -3.03. The van der Waals surface area contributed by atoms with Crippen LogP contribution in [0.1, 0.15) is 37.0 Å². The van der Waals surface area contributed by atoms with E-state index in [0.717, 1.165) is 17.7 Å². The van der Waals surface area contributed by atoms with Crippen LogP contribution in [-0.2, 0) is 28.7 Å². The number of carbonyl (C=O) groups excluding carboxylic acids is 1. The van der Waals surface area contributed by atoms with Crippen LogP contribution in [0, 0.1) is 0 Å². The number of amides is 1. The van der Waals surface area contributed by atoms with E-state index in [1.165, 1.54) is 12.1 Å². The molecule has 8 heteroatoms. The third-order valence-electron chi connectivity index (χ3n) is 4.18. The minimum absolute atomic E-state index is 0.0175. The summed E-state index contributed by atoms with van der Waals surface area (Å²) in [6.07, 6.45) is -4.04. The molecule has 0 unspecified atom stereocenters. The summed E-state index contributed by atoms with van der Waals surface area (Å²) in [4.78, 5) is 23.1. The molecule has 0 atom stereocenters. The number of hydrogen-bond acceptors (Lipinski definition) is 3. The van der Waals surface area contributed by atoms with Gasteiger partial charge in [0.25, 0.3) is 5.91 Å². The van der Waals surface area contributed by atoms with E-state index in [-0.39, 0.29) is 13.0 Å².